The van der Waals surface area contributed by atoms with Crippen molar-refractivity contribution in [1.29, 1.82) is 0 Å². The van der Waals surface area contributed by atoms with Crippen molar-refractivity contribution in [3.8, 4) is 62.1 Å². The largest absolute Gasteiger partial charge is 0.456 e. The molecule has 5 heteroatoms. The minimum Gasteiger partial charge on any atom is -0.456 e. The van der Waals surface area contributed by atoms with E-state index in [0.29, 0.717) is 17.5 Å². The molecular weight excluding hydrogens is 733 g/mol. The van der Waals surface area contributed by atoms with Crippen LogP contribution >= 0.6 is 0 Å². The van der Waals surface area contributed by atoms with E-state index >= 15 is 0 Å². The van der Waals surface area contributed by atoms with Gasteiger partial charge in [-0.05, 0) is 77.2 Å². The minimum absolute atomic E-state index is 0.105. The first-order valence-electron chi connectivity index (χ1n) is 20.4. The molecule has 5 nitrogen and oxygen atoms in total. The molecule has 0 aliphatic heterocycles. The Hall–Kier alpha value is -7.63. The third-order valence-electron chi connectivity index (χ3n) is 12.3. The average Bonchev–Trinajstić information content (AvgIpc) is 3.89. The van der Waals surface area contributed by atoms with Crippen molar-refractivity contribution in [2.75, 3.05) is 0 Å². The maximum atomic E-state index is 6.31. The van der Waals surface area contributed by atoms with Gasteiger partial charge in [0.15, 0.2) is 17.5 Å². The van der Waals surface area contributed by atoms with Gasteiger partial charge in [0.2, 0.25) is 0 Å². The first kappa shape index (κ1) is 35.5. The molecule has 0 unspecified atom stereocenters. The lowest BCUT2D eigenvalue weighted by Gasteiger charge is -2.21. The number of aryl methyl sites for hydroxylation is 1. The zero-order valence-electron chi connectivity index (χ0n) is 33.6. The smallest absolute Gasteiger partial charge is 0.164 e. The zero-order valence-corrected chi connectivity index (χ0v) is 33.6. The van der Waals surface area contributed by atoms with Gasteiger partial charge < -0.3 is 8.98 Å². The third-order valence-corrected chi connectivity index (χ3v) is 12.3. The van der Waals surface area contributed by atoms with Crippen molar-refractivity contribution in [3.63, 3.8) is 0 Å². The van der Waals surface area contributed by atoms with Gasteiger partial charge in [0, 0.05) is 55.1 Å². The maximum Gasteiger partial charge on any atom is 0.164 e. The van der Waals surface area contributed by atoms with Gasteiger partial charge in [0.05, 0.1) is 11.0 Å². The maximum absolute atomic E-state index is 6.31. The van der Waals surface area contributed by atoms with Crippen LogP contribution in [0.2, 0.25) is 0 Å². The molecule has 1 aliphatic rings. The van der Waals surface area contributed by atoms with Gasteiger partial charge in [0.1, 0.15) is 11.3 Å². The van der Waals surface area contributed by atoms with Crippen LogP contribution in [0.1, 0.15) is 36.3 Å². The lowest BCUT2D eigenvalue weighted by atomic mass is 9.82. The van der Waals surface area contributed by atoms with Crippen LogP contribution in [0, 0.1) is 6.92 Å². The van der Waals surface area contributed by atoms with E-state index in [-0.39, 0.29) is 5.41 Å². The molecule has 1 aliphatic carbocycles. The highest BCUT2D eigenvalue weighted by atomic mass is 16.3. The number of para-hydroxylation sites is 1. The molecule has 0 fully saturated rings. The predicted octanol–water partition coefficient (Wildman–Crippen LogP) is 14.2. The number of rotatable bonds is 7. The van der Waals surface area contributed by atoms with Gasteiger partial charge in [-0.2, -0.15) is 0 Å². The lowest BCUT2D eigenvalue weighted by molar-refractivity contribution is 0.601. The summed E-state index contributed by atoms with van der Waals surface area (Å²) in [4.78, 5) is 15.3. The zero-order chi connectivity index (χ0) is 40.5. The third kappa shape index (κ3) is 5.58. The predicted molar refractivity (Wildman–Crippen MR) is 247 cm³/mol. The van der Waals surface area contributed by atoms with E-state index in [2.05, 4.69) is 178 Å². The van der Waals surface area contributed by atoms with Crippen LogP contribution in [0.15, 0.2) is 181 Å². The molecule has 0 spiro atoms. The van der Waals surface area contributed by atoms with E-state index in [0.717, 1.165) is 55.8 Å². The summed E-state index contributed by atoms with van der Waals surface area (Å²) in [5, 5.41) is 3.53. The standard InChI is InChI=1S/C55H40N4O/c1-5-6-20-48-34(2)41-30-27-39(33-49(41)60-48)54-57-52(37-23-21-36(22-24-37)35-14-8-7-9-15-35)56-53(58-54)38-25-28-40(29-26-38)59-47-19-13-11-16-42(47)43-31-32-46-50(51(43)59)44-17-10-12-18-45(44)55(46,3)4/h5-33H,1H2,2-4H3/b20-6-. The fourth-order valence-corrected chi connectivity index (χ4v) is 9.17. The highest BCUT2D eigenvalue weighted by Crippen LogP contribution is 2.52. The normalized spacial score (nSPS) is 13.1. The second kappa shape index (κ2) is 13.7. The summed E-state index contributed by atoms with van der Waals surface area (Å²) in [6.45, 7) is 10.6. The molecule has 0 radical (unpaired) electrons. The highest BCUT2D eigenvalue weighted by Gasteiger charge is 2.37. The molecule has 0 N–H and O–H groups in total. The van der Waals surface area contributed by atoms with E-state index in [1.165, 1.54) is 44.1 Å². The molecule has 0 amide bonds. The van der Waals surface area contributed by atoms with Crippen LogP contribution in [0.5, 0.6) is 0 Å². The Morgan fingerprint density at radius 2 is 1.17 bits per heavy atom. The van der Waals surface area contributed by atoms with Gasteiger partial charge in [-0.1, -0.05) is 154 Å². The van der Waals surface area contributed by atoms with Crippen molar-refractivity contribution in [2.45, 2.75) is 26.2 Å². The summed E-state index contributed by atoms with van der Waals surface area (Å²) in [6.07, 6.45) is 5.58. The lowest BCUT2D eigenvalue weighted by Crippen LogP contribution is -2.14. The first-order valence-corrected chi connectivity index (χ1v) is 20.4. The van der Waals surface area contributed by atoms with Crippen LogP contribution in [0.4, 0.5) is 0 Å². The Bertz CT molecular complexity index is 3350. The summed E-state index contributed by atoms with van der Waals surface area (Å²) in [5.74, 6) is 2.57. The average molecular weight is 773 g/mol. The van der Waals surface area contributed by atoms with E-state index in [9.17, 15) is 0 Å². The second-order valence-electron chi connectivity index (χ2n) is 16.1. The number of hydrogen-bond donors (Lipinski definition) is 0. The number of hydrogen-bond acceptors (Lipinski definition) is 4. The Labute approximate surface area is 348 Å². The van der Waals surface area contributed by atoms with Crippen LogP contribution in [-0.2, 0) is 5.41 Å². The molecule has 0 saturated carbocycles. The van der Waals surface area contributed by atoms with Gasteiger partial charge in [-0.15, -0.1) is 0 Å². The Morgan fingerprint density at radius 3 is 1.92 bits per heavy atom. The number of nitrogens with zero attached hydrogens (tertiary/aromatic N) is 4. The molecule has 3 aromatic heterocycles. The fourth-order valence-electron chi connectivity index (χ4n) is 9.17. The molecule has 0 saturated heterocycles. The van der Waals surface area contributed by atoms with Gasteiger partial charge in [-0.25, -0.2) is 15.0 Å². The number of furan rings is 1. The molecule has 7 aromatic carbocycles. The number of fused-ring (bicyclic) bond motifs is 8. The van der Waals surface area contributed by atoms with Crippen molar-refractivity contribution in [1.82, 2.24) is 19.5 Å². The quantitative estimate of drug-likeness (QED) is 0.151. The van der Waals surface area contributed by atoms with Crippen molar-refractivity contribution in [2.24, 2.45) is 0 Å². The summed E-state index contributed by atoms with van der Waals surface area (Å²) < 4.78 is 8.74. The van der Waals surface area contributed by atoms with E-state index in [1.807, 2.05) is 24.3 Å². The minimum atomic E-state index is -0.105. The summed E-state index contributed by atoms with van der Waals surface area (Å²) in [7, 11) is 0. The Balaban J connectivity index is 1.06. The molecule has 0 bridgehead atoms. The van der Waals surface area contributed by atoms with E-state index in [4.69, 9.17) is 19.4 Å². The topological polar surface area (TPSA) is 56.7 Å². The molecule has 11 rings (SSSR count). The van der Waals surface area contributed by atoms with Crippen molar-refractivity contribution >= 4 is 38.9 Å². The molecule has 3 heterocycles. The number of aromatic nitrogens is 4. The Kier molecular flexibility index (Phi) is 8.14. The highest BCUT2D eigenvalue weighted by molar-refractivity contribution is 6.15. The van der Waals surface area contributed by atoms with Gasteiger partial charge in [0.25, 0.3) is 0 Å². The molecule has 0 atom stereocenters. The molecule has 60 heavy (non-hydrogen) atoms. The van der Waals surface area contributed by atoms with E-state index < -0.39 is 0 Å². The summed E-state index contributed by atoms with van der Waals surface area (Å²) in [5.41, 5.74) is 15.5. The fraction of sp³-hybridized carbons (Fsp3) is 0.0727. The number of benzene rings is 7. The molecule has 10 aromatic rings. The second-order valence-corrected chi connectivity index (χ2v) is 16.1. The van der Waals surface area contributed by atoms with Gasteiger partial charge >= 0.3 is 0 Å². The van der Waals surface area contributed by atoms with Gasteiger partial charge in [-0.3, -0.25) is 0 Å². The molecule has 286 valence electrons. The summed E-state index contributed by atoms with van der Waals surface area (Å²) >= 11 is 0. The molecular formula is C55H40N4O. The Morgan fingerprint density at radius 1 is 0.567 bits per heavy atom. The van der Waals surface area contributed by atoms with Crippen LogP contribution in [-0.4, -0.2) is 19.5 Å². The summed E-state index contributed by atoms with van der Waals surface area (Å²) in [6, 6.07) is 55.9. The number of allylic oxidation sites excluding steroid dienone is 2. The van der Waals surface area contributed by atoms with Crippen LogP contribution < -0.4 is 0 Å². The monoisotopic (exact) mass is 772 g/mol. The van der Waals surface area contributed by atoms with Crippen LogP contribution in [0.3, 0.4) is 0 Å². The SMILES string of the molecule is C=C/C=C\c1oc2cc(-c3nc(-c4ccc(-c5ccccc5)cc4)nc(-c4ccc(-n5c6ccccc6c6ccc7c(c65)-c5ccccc5C7(C)C)cc4)n3)ccc2c1C. The van der Waals surface area contributed by atoms with E-state index in [1.54, 1.807) is 6.08 Å². The van der Waals surface area contributed by atoms with Crippen molar-refractivity contribution in [3.05, 3.63) is 199 Å². The first-order chi connectivity index (χ1) is 29.4. The van der Waals surface area contributed by atoms with Crippen LogP contribution in [0.25, 0.3) is 101 Å². The van der Waals surface area contributed by atoms with Crippen molar-refractivity contribution < 1.29 is 4.42 Å².